The number of pyridine rings is 1. The van der Waals surface area contributed by atoms with Crippen LogP contribution in [0.1, 0.15) is 12.8 Å². The topological polar surface area (TPSA) is 51.2 Å². The summed E-state index contributed by atoms with van der Waals surface area (Å²) >= 11 is 2.17. The summed E-state index contributed by atoms with van der Waals surface area (Å²) < 4.78 is 6.31. The van der Waals surface area contributed by atoms with Gasteiger partial charge in [0.05, 0.1) is 0 Å². The molecule has 0 radical (unpaired) electrons. The summed E-state index contributed by atoms with van der Waals surface area (Å²) in [6.45, 7) is 0.679. The van der Waals surface area contributed by atoms with Crippen LogP contribution < -0.4 is 5.32 Å². The fourth-order valence-corrected chi connectivity index (χ4v) is 1.76. The zero-order valence-corrected chi connectivity index (χ0v) is 10.2. The van der Waals surface area contributed by atoms with Crippen LogP contribution in [0.15, 0.2) is 18.3 Å². The molecule has 1 aliphatic heterocycles. The van der Waals surface area contributed by atoms with Crippen molar-refractivity contribution in [3.8, 4) is 0 Å². The monoisotopic (exact) mass is 318 g/mol. The molecule has 5 heteroatoms. The molecule has 1 aliphatic rings. The Hall–Kier alpha value is -0.690. The number of nitrogens with zero attached hydrogens (tertiary/aromatic N) is 1. The van der Waals surface area contributed by atoms with Gasteiger partial charge in [-0.15, -0.1) is 0 Å². The van der Waals surface area contributed by atoms with Gasteiger partial charge in [0.25, 0.3) is 5.91 Å². The van der Waals surface area contributed by atoms with Gasteiger partial charge in [-0.05, 0) is 47.6 Å². The second-order valence-corrected chi connectivity index (χ2v) is 4.60. The van der Waals surface area contributed by atoms with Crippen molar-refractivity contribution in [1.82, 2.24) is 4.98 Å². The van der Waals surface area contributed by atoms with E-state index in [2.05, 4.69) is 32.9 Å². The van der Waals surface area contributed by atoms with E-state index in [4.69, 9.17) is 4.74 Å². The van der Waals surface area contributed by atoms with Crippen LogP contribution in [-0.2, 0) is 9.53 Å². The molecule has 1 aromatic heterocycles. The number of hydrogen-bond acceptors (Lipinski definition) is 3. The van der Waals surface area contributed by atoms with Crippen LogP contribution in [0.2, 0.25) is 0 Å². The van der Waals surface area contributed by atoms with Gasteiger partial charge < -0.3 is 10.1 Å². The van der Waals surface area contributed by atoms with Gasteiger partial charge in [-0.2, -0.15) is 0 Å². The van der Waals surface area contributed by atoms with Crippen molar-refractivity contribution in [3.63, 3.8) is 0 Å². The molecular weight excluding hydrogens is 307 g/mol. The van der Waals surface area contributed by atoms with Gasteiger partial charge in [-0.3, -0.25) is 4.79 Å². The van der Waals surface area contributed by atoms with E-state index < -0.39 is 0 Å². The second kappa shape index (κ2) is 4.89. The third kappa shape index (κ3) is 2.88. The first-order chi connectivity index (χ1) is 7.25. The van der Waals surface area contributed by atoms with Gasteiger partial charge in [0.15, 0.2) is 0 Å². The Morgan fingerprint density at radius 1 is 1.60 bits per heavy atom. The predicted octanol–water partition coefficient (Wildman–Crippen LogP) is 1.80. The van der Waals surface area contributed by atoms with Crippen LogP contribution in [0.5, 0.6) is 0 Å². The molecule has 0 unspecified atom stereocenters. The number of anilines is 1. The standard InChI is InChI=1S/C10H11IN2O2/c11-7-3-4-9(12-6-7)13-10(14)8-2-1-5-15-8/h3-4,6,8H,1-2,5H2,(H,12,13,14)/t8-/m0/s1. The highest BCUT2D eigenvalue weighted by molar-refractivity contribution is 14.1. The largest absolute Gasteiger partial charge is 0.368 e. The molecule has 0 aliphatic carbocycles. The van der Waals surface area contributed by atoms with Crippen LogP contribution in [0.25, 0.3) is 0 Å². The van der Waals surface area contributed by atoms with E-state index in [1.807, 2.05) is 6.07 Å². The van der Waals surface area contributed by atoms with Crippen molar-refractivity contribution in [2.75, 3.05) is 11.9 Å². The maximum atomic E-state index is 11.6. The van der Waals surface area contributed by atoms with Crippen molar-refractivity contribution < 1.29 is 9.53 Å². The average molecular weight is 318 g/mol. The molecular formula is C10H11IN2O2. The van der Waals surface area contributed by atoms with Crippen LogP contribution in [0.3, 0.4) is 0 Å². The molecule has 15 heavy (non-hydrogen) atoms. The van der Waals surface area contributed by atoms with Gasteiger partial charge in [0, 0.05) is 16.4 Å². The number of nitrogens with one attached hydrogen (secondary N) is 1. The highest BCUT2D eigenvalue weighted by atomic mass is 127. The smallest absolute Gasteiger partial charge is 0.254 e. The molecule has 1 N–H and O–H groups in total. The number of rotatable bonds is 2. The minimum absolute atomic E-state index is 0.0961. The zero-order chi connectivity index (χ0) is 10.7. The van der Waals surface area contributed by atoms with Gasteiger partial charge in [-0.1, -0.05) is 0 Å². The van der Waals surface area contributed by atoms with Crippen LogP contribution in [0.4, 0.5) is 5.82 Å². The summed E-state index contributed by atoms with van der Waals surface area (Å²) in [5.74, 6) is 0.483. The van der Waals surface area contributed by atoms with Crippen LogP contribution in [0, 0.1) is 3.57 Å². The molecule has 80 valence electrons. The summed E-state index contributed by atoms with van der Waals surface area (Å²) in [5.41, 5.74) is 0. The van der Waals surface area contributed by atoms with E-state index in [0.717, 1.165) is 16.4 Å². The number of carbonyl (C=O) groups excluding carboxylic acids is 1. The molecule has 1 fully saturated rings. The van der Waals surface area contributed by atoms with Gasteiger partial charge in [0.1, 0.15) is 11.9 Å². The van der Waals surface area contributed by atoms with E-state index in [0.29, 0.717) is 12.4 Å². The lowest BCUT2D eigenvalue weighted by molar-refractivity contribution is -0.124. The van der Waals surface area contributed by atoms with Crippen molar-refractivity contribution in [1.29, 1.82) is 0 Å². The minimum atomic E-state index is -0.300. The zero-order valence-electron chi connectivity index (χ0n) is 8.07. The number of ether oxygens (including phenoxy) is 1. The van der Waals surface area contributed by atoms with Crippen molar-refractivity contribution in [2.24, 2.45) is 0 Å². The highest BCUT2D eigenvalue weighted by Gasteiger charge is 2.23. The van der Waals surface area contributed by atoms with Crippen LogP contribution in [-0.4, -0.2) is 23.6 Å². The summed E-state index contributed by atoms with van der Waals surface area (Å²) in [4.78, 5) is 15.7. The maximum Gasteiger partial charge on any atom is 0.254 e. The van der Waals surface area contributed by atoms with E-state index >= 15 is 0 Å². The molecule has 2 heterocycles. The highest BCUT2D eigenvalue weighted by Crippen LogP contribution is 2.14. The lowest BCUT2D eigenvalue weighted by Crippen LogP contribution is -2.27. The van der Waals surface area contributed by atoms with Gasteiger partial charge in [-0.25, -0.2) is 4.98 Å². The lowest BCUT2D eigenvalue weighted by atomic mass is 10.2. The number of carbonyl (C=O) groups is 1. The maximum absolute atomic E-state index is 11.6. The first-order valence-corrected chi connectivity index (χ1v) is 5.87. The van der Waals surface area contributed by atoms with Crippen molar-refractivity contribution >= 4 is 34.3 Å². The molecule has 0 saturated carbocycles. The Labute approximate surface area is 102 Å². The molecule has 0 spiro atoms. The van der Waals surface area contributed by atoms with Crippen molar-refractivity contribution in [2.45, 2.75) is 18.9 Å². The second-order valence-electron chi connectivity index (χ2n) is 3.35. The Morgan fingerprint density at radius 3 is 3.07 bits per heavy atom. The first kappa shape index (κ1) is 10.8. The minimum Gasteiger partial charge on any atom is -0.368 e. The Kier molecular flexibility index (Phi) is 3.53. The first-order valence-electron chi connectivity index (χ1n) is 4.80. The number of amides is 1. The third-order valence-electron chi connectivity index (χ3n) is 2.20. The molecule has 1 amide bonds. The fourth-order valence-electron chi connectivity index (χ4n) is 1.44. The SMILES string of the molecule is O=C(Nc1ccc(I)cn1)[C@@H]1CCCO1. The predicted molar refractivity (Wildman–Crippen MR) is 64.6 cm³/mol. The van der Waals surface area contributed by atoms with Gasteiger partial charge in [0.2, 0.25) is 0 Å². The summed E-state index contributed by atoms with van der Waals surface area (Å²) in [6, 6.07) is 3.69. The van der Waals surface area contributed by atoms with E-state index in [9.17, 15) is 4.79 Å². The molecule has 0 bridgehead atoms. The van der Waals surface area contributed by atoms with E-state index in [-0.39, 0.29) is 12.0 Å². The Bertz CT molecular complexity index is 347. The summed E-state index contributed by atoms with van der Waals surface area (Å²) in [7, 11) is 0. The molecule has 1 atom stereocenters. The summed E-state index contributed by atoms with van der Waals surface area (Å²) in [6.07, 6.45) is 3.17. The fraction of sp³-hybridized carbons (Fsp3) is 0.400. The molecule has 0 aromatic carbocycles. The number of halogens is 1. The van der Waals surface area contributed by atoms with Crippen molar-refractivity contribution in [3.05, 3.63) is 21.9 Å². The van der Waals surface area contributed by atoms with Crippen LogP contribution >= 0.6 is 22.6 Å². The normalized spacial score (nSPS) is 20.2. The molecule has 1 saturated heterocycles. The molecule has 4 nitrogen and oxygen atoms in total. The van der Waals surface area contributed by atoms with E-state index in [1.54, 1.807) is 12.3 Å². The Morgan fingerprint density at radius 2 is 2.47 bits per heavy atom. The lowest BCUT2D eigenvalue weighted by Gasteiger charge is -2.09. The number of hydrogen-bond donors (Lipinski definition) is 1. The third-order valence-corrected chi connectivity index (χ3v) is 2.84. The average Bonchev–Trinajstić information content (AvgIpc) is 2.74. The Balaban J connectivity index is 1.96. The molecule has 2 rings (SSSR count). The molecule has 1 aromatic rings. The quantitative estimate of drug-likeness (QED) is 0.846. The number of aromatic nitrogens is 1. The summed E-state index contributed by atoms with van der Waals surface area (Å²) in [5, 5.41) is 2.73. The van der Waals surface area contributed by atoms with E-state index in [1.165, 1.54) is 0 Å². The van der Waals surface area contributed by atoms with Gasteiger partial charge >= 0.3 is 0 Å².